The molecule has 1 aromatic carbocycles. The molecule has 1 unspecified atom stereocenters. The van der Waals surface area contributed by atoms with Crippen molar-refractivity contribution in [2.24, 2.45) is 0 Å². The van der Waals surface area contributed by atoms with E-state index in [0.29, 0.717) is 29.6 Å². The smallest absolute Gasteiger partial charge is 0.272 e. The Bertz CT molecular complexity index is 1430. The fourth-order valence-electron chi connectivity index (χ4n) is 4.55. The van der Waals surface area contributed by atoms with Gasteiger partial charge in [-0.1, -0.05) is 24.3 Å². The van der Waals surface area contributed by atoms with Crippen molar-refractivity contribution in [1.29, 1.82) is 0 Å². The zero-order valence-electron chi connectivity index (χ0n) is 18.5. The molecule has 5 heterocycles. The van der Waals surface area contributed by atoms with Crippen LogP contribution in [0.4, 0.5) is 0 Å². The first-order valence-electron chi connectivity index (χ1n) is 11.4. The standard InChI is InChI=1S/C26H23N5O3/c32-26(20-8-3-4-13-27-20)30-14-5-7-19(30)12-15-33-25-11-10-24-28-17-21(31(24)29-25)23-16-18-6-1-2-9-22(18)34-23/h1-4,6,8-11,13,16-17,19H,5,7,12,14-15H2. The second-order valence-electron chi connectivity index (χ2n) is 8.38. The Morgan fingerprint density at radius 1 is 1.09 bits per heavy atom. The first-order chi connectivity index (χ1) is 16.8. The zero-order chi connectivity index (χ0) is 22.9. The molecule has 0 N–H and O–H groups in total. The second-order valence-corrected chi connectivity index (χ2v) is 8.38. The zero-order valence-corrected chi connectivity index (χ0v) is 18.5. The fraction of sp³-hybridized carbons (Fsp3) is 0.231. The van der Waals surface area contributed by atoms with E-state index in [1.807, 2.05) is 59.5 Å². The van der Waals surface area contributed by atoms with Crippen LogP contribution in [0.5, 0.6) is 5.88 Å². The van der Waals surface area contributed by atoms with Gasteiger partial charge in [0.15, 0.2) is 11.4 Å². The number of hydrogen-bond acceptors (Lipinski definition) is 6. The van der Waals surface area contributed by atoms with Gasteiger partial charge in [0, 0.05) is 36.7 Å². The number of ether oxygens (including phenoxy) is 1. The van der Waals surface area contributed by atoms with Crippen LogP contribution >= 0.6 is 0 Å². The van der Waals surface area contributed by atoms with Gasteiger partial charge in [0.25, 0.3) is 5.91 Å². The van der Waals surface area contributed by atoms with Crippen LogP contribution in [0, 0.1) is 0 Å². The summed E-state index contributed by atoms with van der Waals surface area (Å²) in [4.78, 5) is 23.4. The minimum atomic E-state index is -0.0171. The number of carbonyl (C=O) groups excluding carboxylic acids is 1. The molecule has 6 rings (SSSR count). The molecular formula is C26H23N5O3. The van der Waals surface area contributed by atoms with Gasteiger partial charge in [0.2, 0.25) is 5.88 Å². The number of nitrogens with zero attached hydrogens (tertiary/aromatic N) is 5. The van der Waals surface area contributed by atoms with Crippen molar-refractivity contribution in [2.75, 3.05) is 13.2 Å². The molecule has 0 saturated carbocycles. The summed E-state index contributed by atoms with van der Waals surface area (Å²) in [6.45, 7) is 1.21. The van der Waals surface area contributed by atoms with E-state index in [2.05, 4.69) is 15.1 Å². The molecule has 1 fully saturated rings. The van der Waals surface area contributed by atoms with E-state index in [-0.39, 0.29) is 11.9 Å². The average molecular weight is 454 g/mol. The molecule has 1 aliphatic rings. The highest BCUT2D eigenvalue weighted by Gasteiger charge is 2.29. The minimum Gasteiger partial charge on any atom is -0.477 e. The lowest BCUT2D eigenvalue weighted by molar-refractivity contribution is 0.0713. The van der Waals surface area contributed by atoms with Gasteiger partial charge in [0.05, 0.1) is 12.8 Å². The third-order valence-corrected chi connectivity index (χ3v) is 6.24. The monoisotopic (exact) mass is 453 g/mol. The van der Waals surface area contributed by atoms with Crippen molar-refractivity contribution in [2.45, 2.75) is 25.3 Å². The molecular weight excluding hydrogens is 430 g/mol. The fourth-order valence-corrected chi connectivity index (χ4v) is 4.55. The molecule has 1 amide bonds. The summed E-state index contributed by atoms with van der Waals surface area (Å²) >= 11 is 0. The topological polar surface area (TPSA) is 85.8 Å². The summed E-state index contributed by atoms with van der Waals surface area (Å²) < 4.78 is 13.7. The number of para-hydroxylation sites is 1. The average Bonchev–Trinajstić information content (AvgIpc) is 3.61. The van der Waals surface area contributed by atoms with E-state index in [9.17, 15) is 4.79 Å². The number of aromatic nitrogens is 4. The van der Waals surface area contributed by atoms with Gasteiger partial charge >= 0.3 is 0 Å². The molecule has 34 heavy (non-hydrogen) atoms. The van der Waals surface area contributed by atoms with Crippen LogP contribution in [-0.2, 0) is 0 Å². The van der Waals surface area contributed by atoms with Crippen LogP contribution in [0.15, 0.2) is 77.5 Å². The molecule has 1 saturated heterocycles. The Morgan fingerprint density at radius 3 is 2.88 bits per heavy atom. The number of furan rings is 1. The predicted octanol–water partition coefficient (Wildman–Crippen LogP) is 4.61. The number of pyridine rings is 1. The molecule has 0 aliphatic carbocycles. The van der Waals surface area contributed by atoms with Gasteiger partial charge in [-0.05, 0) is 43.2 Å². The first kappa shape index (κ1) is 20.4. The lowest BCUT2D eigenvalue weighted by Crippen LogP contribution is -2.36. The number of likely N-dealkylation sites (tertiary alicyclic amines) is 1. The maximum Gasteiger partial charge on any atom is 0.272 e. The van der Waals surface area contributed by atoms with Crippen molar-refractivity contribution in [3.8, 4) is 17.3 Å². The quantitative estimate of drug-likeness (QED) is 0.373. The normalized spacial score (nSPS) is 15.9. The highest BCUT2D eigenvalue weighted by molar-refractivity contribution is 5.92. The Balaban J connectivity index is 1.16. The Labute approximate surface area is 195 Å². The van der Waals surface area contributed by atoms with Crippen LogP contribution in [0.1, 0.15) is 29.8 Å². The molecule has 0 spiro atoms. The minimum absolute atomic E-state index is 0.0171. The predicted molar refractivity (Wildman–Crippen MR) is 127 cm³/mol. The summed E-state index contributed by atoms with van der Waals surface area (Å²) in [5, 5.41) is 5.66. The van der Waals surface area contributed by atoms with Crippen molar-refractivity contribution >= 4 is 22.5 Å². The van der Waals surface area contributed by atoms with E-state index < -0.39 is 0 Å². The SMILES string of the molecule is O=C(c1ccccn1)N1CCCC1CCOc1ccc2ncc(-c3cc4ccccc4o3)n2n1. The molecule has 170 valence electrons. The highest BCUT2D eigenvalue weighted by atomic mass is 16.5. The third kappa shape index (κ3) is 3.77. The summed E-state index contributed by atoms with van der Waals surface area (Å²) in [5.41, 5.74) is 2.78. The molecule has 0 radical (unpaired) electrons. The third-order valence-electron chi connectivity index (χ3n) is 6.24. The van der Waals surface area contributed by atoms with E-state index >= 15 is 0 Å². The number of fused-ring (bicyclic) bond motifs is 2. The summed E-state index contributed by atoms with van der Waals surface area (Å²) in [6, 6.07) is 19.1. The van der Waals surface area contributed by atoms with E-state index in [1.54, 1.807) is 23.0 Å². The summed E-state index contributed by atoms with van der Waals surface area (Å²) in [5.74, 6) is 1.19. The molecule has 0 bridgehead atoms. The van der Waals surface area contributed by atoms with Gasteiger partial charge < -0.3 is 14.1 Å². The van der Waals surface area contributed by atoms with Crippen molar-refractivity contribution in [3.05, 3.63) is 78.8 Å². The number of amides is 1. The lowest BCUT2D eigenvalue weighted by Gasteiger charge is -2.24. The van der Waals surface area contributed by atoms with Crippen molar-refractivity contribution in [1.82, 2.24) is 24.5 Å². The Kier molecular flexibility index (Phi) is 5.18. The number of carbonyl (C=O) groups is 1. The van der Waals surface area contributed by atoms with Crippen LogP contribution in [0.3, 0.4) is 0 Å². The molecule has 1 aliphatic heterocycles. The van der Waals surface area contributed by atoms with Gasteiger partial charge in [-0.3, -0.25) is 9.78 Å². The van der Waals surface area contributed by atoms with Crippen LogP contribution in [0.2, 0.25) is 0 Å². The number of imidazole rings is 1. The number of benzene rings is 1. The van der Waals surface area contributed by atoms with E-state index in [1.165, 1.54) is 0 Å². The Morgan fingerprint density at radius 2 is 2.00 bits per heavy atom. The maximum atomic E-state index is 12.8. The number of hydrogen-bond donors (Lipinski definition) is 0. The largest absolute Gasteiger partial charge is 0.477 e. The second kappa shape index (κ2) is 8.62. The van der Waals surface area contributed by atoms with E-state index in [0.717, 1.165) is 42.5 Å². The van der Waals surface area contributed by atoms with E-state index in [4.69, 9.17) is 9.15 Å². The first-order valence-corrected chi connectivity index (χ1v) is 11.4. The maximum absolute atomic E-state index is 12.8. The number of rotatable bonds is 6. The Hall–Kier alpha value is -4.20. The van der Waals surface area contributed by atoms with Gasteiger partial charge in [-0.25, -0.2) is 9.50 Å². The van der Waals surface area contributed by atoms with Crippen LogP contribution in [0.25, 0.3) is 28.1 Å². The summed E-state index contributed by atoms with van der Waals surface area (Å²) in [6.07, 6.45) is 6.09. The molecule has 5 aromatic rings. The highest BCUT2D eigenvalue weighted by Crippen LogP contribution is 2.28. The van der Waals surface area contributed by atoms with Crippen molar-refractivity contribution in [3.63, 3.8) is 0 Å². The molecule has 8 nitrogen and oxygen atoms in total. The van der Waals surface area contributed by atoms with Gasteiger partial charge in [-0.15, -0.1) is 5.10 Å². The van der Waals surface area contributed by atoms with Gasteiger partial charge in [-0.2, -0.15) is 0 Å². The van der Waals surface area contributed by atoms with Gasteiger partial charge in [0.1, 0.15) is 17.0 Å². The molecule has 1 atom stereocenters. The van der Waals surface area contributed by atoms with Crippen LogP contribution < -0.4 is 4.74 Å². The van der Waals surface area contributed by atoms with Crippen molar-refractivity contribution < 1.29 is 13.9 Å². The summed E-state index contributed by atoms with van der Waals surface area (Å²) in [7, 11) is 0. The lowest BCUT2D eigenvalue weighted by atomic mass is 10.1. The van der Waals surface area contributed by atoms with Crippen LogP contribution in [-0.4, -0.2) is 49.6 Å². The molecule has 4 aromatic heterocycles. The molecule has 8 heteroatoms.